The van der Waals surface area contributed by atoms with E-state index in [1.807, 2.05) is 7.05 Å². The van der Waals surface area contributed by atoms with Gasteiger partial charge < -0.3 is 10.8 Å². The molecule has 110 valence electrons. The first-order chi connectivity index (χ1) is 9.49. The fraction of sp³-hybridized carbons (Fsp3) is 0.533. The second-order valence-corrected chi connectivity index (χ2v) is 5.94. The Morgan fingerprint density at radius 2 is 2.15 bits per heavy atom. The minimum Gasteiger partial charge on any atom is -0.391 e. The van der Waals surface area contributed by atoms with Crippen LogP contribution in [0.1, 0.15) is 36.8 Å². The highest BCUT2D eigenvalue weighted by Crippen LogP contribution is 2.24. The van der Waals surface area contributed by atoms with Crippen LogP contribution >= 0.6 is 12.2 Å². The Morgan fingerprint density at radius 1 is 1.45 bits per heavy atom. The van der Waals surface area contributed by atoms with Crippen LogP contribution < -0.4 is 5.73 Å². The van der Waals surface area contributed by atoms with Gasteiger partial charge >= 0.3 is 0 Å². The van der Waals surface area contributed by atoms with Crippen molar-refractivity contribution in [1.29, 1.82) is 0 Å². The van der Waals surface area contributed by atoms with Crippen molar-refractivity contribution in [3.63, 3.8) is 0 Å². The standard InChI is InChI=1S/C15H21FN2OS/c1-18(13-4-2-3-5-14(13)19)9-10-6-7-11(16)8-12(10)15(17)20/h6-8,13-14,19H,2-5,9H2,1H3,(H2,17,20). The van der Waals surface area contributed by atoms with Crippen molar-refractivity contribution in [3.05, 3.63) is 35.1 Å². The second kappa shape index (κ2) is 6.61. The third-order valence-corrected chi connectivity index (χ3v) is 4.24. The van der Waals surface area contributed by atoms with Crippen molar-refractivity contribution in [1.82, 2.24) is 4.90 Å². The predicted molar refractivity (Wildman–Crippen MR) is 82.0 cm³/mol. The van der Waals surface area contributed by atoms with E-state index in [9.17, 15) is 9.50 Å². The molecule has 1 aromatic rings. The number of aliphatic hydroxyl groups is 1. The third-order valence-electron chi connectivity index (χ3n) is 4.02. The van der Waals surface area contributed by atoms with Gasteiger partial charge in [0.2, 0.25) is 0 Å². The first kappa shape index (κ1) is 15.4. The van der Waals surface area contributed by atoms with E-state index in [2.05, 4.69) is 4.90 Å². The van der Waals surface area contributed by atoms with Crippen molar-refractivity contribution in [2.24, 2.45) is 5.73 Å². The normalized spacial score (nSPS) is 23.0. The van der Waals surface area contributed by atoms with E-state index in [-0.39, 0.29) is 23.0 Å². The van der Waals surface area contributed by atoms with E-state index in [0.29, 0.717) is 12.1 Å². The Labute approximate surface area is 124 Å². The first-order valence-electron chi connectivity index (χ1n) is 6.95. The number of likely N-dealkylation sites (N-methyl/N-ethyl adjacent to an activating group) is 1. The smallest absolute Gasteiger partial charge is 0.123 e. The molecule has 20 heavy (non-hydrogen) atoms. The Morgan fingerprint density at radius 3 is 2.80 bits per heavy atom. The molecule has 0 spiro atoms. The molecule has 1 aromatic carbocycles. The number of thiocarbonyl (C=S) groups is 1. The first-order valence-corrected chi connectivity index (χ1v) is 7.36. The topological polar surface area (TPSA) is 49.5 Å². The Balaban J connectivity index is 2.14. The number of aliphatic hydroxyl groups excluding tert-OH is 1. The molecular formula is C15H21FN2OS. The summed E-state index contributed by atoms with van der Waals surface area (Å²) < 4.78 is 13.3. The molecule has 0 amide bonds. The molecule has 0 aliphatic heterocycles. The van der Waals surface area contributed by atoms with Gasteiger partial charge in [-0.15, -0.1) is 0 Å². The summed E-state index contributed by atoms with van der Waals surface area (Å²) in [6.45, 7) is 0.606. The SMILES string of the molecule is CN(Cc1ccc(F)cc1C(N)=S)C1CCCCC1O. The fourth-order valence-electron chi connectivity index (χ4n) is 2.91. The van der Waals surface area contributed by atoms with E-state index in [4.69, 9.17) is 18.0 Å². The molecule has 1 saturated carbocycles. The molecule has 0 saturated heterocycles. The van der Waals surface area contributed by atoms with Gasteiger partial charge in [0, 0.05) is 18.2 Å². The summed E-state index contributed by atoms with van der Waals surface area (Å²) in [5.41, 5.74) is 7.14. The van der Waals surface area contributed by atoms with Crippen LogP contribution in [0.5, 0.6) is 0 Å². The van der Waals surface area contributed by atoms with Gasteiger partial charge in [0.25, 0.3) is 0 Å². The average Bonchev–Trinajstić information content (AvgIpc) is 2.41. The quantitative estimate of drug-likeness (QED) is 0.836. The van der Waals surface area contributed by atoms with Gasteiger partial charge in [-0.1, -0.05) is 31.1 Å². The van der Waals surface area contributed by atoms with E-state index in [1.54, 1.807) is 6.07 Å². The van der Waals surface area contributed by atoms with E-state index in [1.165, 1.54) is 12.1 Å². The molecule has 0 aromatic heterocycles. The summed E-state index contributed by atoms with van der Waals surface area (Å²) in [4.78, 5) is 2.32. The highest BCUT2D eigenvalue weighted by Gasteiger charge is 2.26. The largest absolute Gasteiger partial charge is 0.391 e. The number of rotatable bonds is 4. The Kier molecular flexibility index (Phi) is 5.07. The van der Waals surface area contributed by atoms with Crippen molar-refractivity contribution in [2.75, 3.05) is 7.05 Å². The number of benzene rings is 1. The van der Waals surface area contributed by atoms with Gasteiger partial charge in [-0.2, -0.15) is 0 Å². The fourth-order valence-corrected chi connectivity index (χ4v) is 3.10. The highest BCUT2D eigenvalue weighted by molar-refractivity contribution is 7.80. The van der Waals surface area contributed by atoms with Crippen LogP contribution in [-0.4, -0.2) is 34.2 Å². The summed E-state index contributed by atoms with van der Waals surface area (Å²) >= 11 is 4.98. The molecular weight excluding hydrogens is 275 g/mol. The van der Waals surface area contributed by atoms with Gasteiger partial charge in [0.1, 0.15) is 10.8 Å². The molecule has 3 N–H and O–H groups in total. The summed E-state index contributed by atoms with van der Waals surface area (Å²) in [6, 6.07) is 4.66. The predicted octanol–water partition coefficient (Wildman–Crippen LogP) is 2.20. The van der Waals surface area contributed by atoms with Gasteiger partial charge in [-0.3, -0.25) is 4.90 Å². The molecule has 2 rings (SSSR count). The lowest BCUT2D eigenvalue weighted by molar-refractivity contribution is 0.0288. The molecule has 2 unspecified atom stereocenters. The van der Waals surface area contributed by atoms with Crippen molar-refractivity contribution in [2.45, 2.75) is 44.4 Å². The molecule has 0 radical (unpaired) electrons. The van der Waals surface area contributed by atoms with Crippen LogP contribution in [0.15, 0.2) is 18.2 Å². The van der Waals surface area contributed by atoms with Crippen LogP contribution in [0.3, 0.4) is 0 Å². The second-order valence-electron chi connectivity index (χ2n) is 5.50. The van der Waals surface area contributed by atoms with Gasteiger partial charge in [0.15, 0.2) is 0 Å². The van der Waals surface area contributed by atoms with Crippen LogP contribution in [0.4, 0.5) is 4.39 Å². The number of halogens is 1. The van der Waals surface area contributed by atoms with Crippen molar-refractivity contribution < 1.29 is 9.50 Å². The zero-order chi connectivity index (χ0) is 14.7. The zero-order valence-electron chi connectivity index (χ0n) is 11.7. The molecule has 3 nitrogen and oxygen atoms in total. The van der Waals surface area contributed by atoms with Crippen LogP contribution in [-0.2, 0) is 6.54 Å². The highest BCUT2D eigenvalue weighted by atomic mass is 32.1. The van der Waals surface area contributed by atoms with Crippen LogP contribution in [0.25, 0.3) is 0 Å². The molecule has 1 fully saturated rings. The number of nitrogens with two attached hydrogens (primary N) is 1. The van der Waals surface area contributed by atoms with Crippen LogP contribution in [0, 0.1) is 5.82 Å². The zero-order valence-corrected chi connectivity index (χ0v) is 12.5. The monoisotopic (exact) mass is 296 g/mol. The lowest BCUT2D eigenvalue weighted by Crippen LogP contribution is -2.43. The minimum absolute atomic E-state index is 0.146. The lowest BCUT2D eigenvalue weighted by Gasteiger charge is -2.35. The van der Waals surface area contributed by atoms with Crippen molar-refractivity contribution >= 4 is 17.2 Å². The minimum atomic E-state index is -0.336. The number of nitrogens with zero attached hydrogens (tertiary/aromatic N) is 1. The average molecular weight is 296 g/mol. The van der Waals surface area contributed by atoms with E-state index in [0.717, 1.165) is 31.2 Å². The summed E-state index contributed by atoms with van der Waals surface area (Å²) in [7, 11) is 1.98. The van der Waals surface area contributed by atoms with Gasteiger partial charge in [0.05, 0.1) is 6.10 Å². The molecule has 0 heterocycles. The summed E-state index contributed by atoms with van der Waals surface area (Å²) in [5, 5.41) is 10.1. The van der Waals surface area contributed by atoms with Gasteiger partial charge in [-0.25, -0.2) is 4.39 Å². The summed E-state index contributed by atoms with van der Waals surface area (Å²) in [5.74, 6) is -0.336. The van der Waals surface area contributed by atoms with E-state index >= 15 is 0 Å². The molecule has 0 bridgehead atoms. The maximum Gasteiger partial charge on any atom is 0.123 e. The maximum atomic E-state index is 13.3. The third kappa shape index (κ3) is 3.53. The van der Waals surface area contributed by atoms with Crippen LogP contribution in [0.2, 0.25) is 0 Å². The van der Waals surface area contributed by atoms with Gasteiger partial charge in [-0.05, 0) is 37.6 Å². The Hall–Kier alpha value is -1.04. The number of hydrogen-bond donors (Lipinski definition) is 2. The van der Waals surface area contributed by atoms with Crippen molar-refractivity contribution in [3.8, 4) is 0 Å². The lowest BCUT2D eigenvalue weighted by atomic mass is 9.91. The molecule has 5 heteroatoms. The van der Waals surface area contributed by atoms with E-state index < -0.39 is 0 Å². The summed E-state index contributed by atoms with van der Waals surface area (Å²) in [6.07, 6.45) is 3.77. The Bertz CT molecular complexity index is 495. The molecule has 1 aliphatic carbocycles. The molecule has 1 aliphatic rings. The molecule has 2 atom stereocenters. The maximum absolute atomic E-state index is 13.3. The number of hydrogen-bond acceptors (Lipinski definition) is 3.